The number of piperidine rings is 1. The quantitative estimate of drug-likeness (QED) is 0.737. The van der Waals surface area contributed by atoms with Crippen molar-refractivity contribution in [2.45, 2.75) is 45.6 Å². The number of carboxylic acid groups (broad SMARTS) is 1. The van der Waals surface area contributed by atoms with Crippen LogP contribution in [0.2, 0.25) is 0 Å². The molecule has 150 valence electrons. The molecule has 0 saturated carbocycles. The van der Waals surface area contributed by atoms with Crippen molar-refractivity contribution in [1.29, 1.82) is 0 Å². The number of aromatic nitrogens is 2. The summed E-state index contributed by atoms with van der Waals surface area (Å²) in [5.41, 5.74) is 1.56. The highest BCUT2D eigenvalue weighted by Gasteiger charge is 2.27. The lowest BCUT2D eigenvalue weighted by Gasteiger charge is -2.32. The van der Waals surface area contributed by atoms with Gasteiger partial charge in [0, 0.05) is 18.7 Å². The van der Waals surface area contributed by atoms with Crippen LogP contribution in [-0.4, -0.2) is 51.4 Å². The Bertz CT molecular complexity index is 821. The monoisotopic (exact) mass is 385 g/mol. The van der Waals surface area contributed by atoms with Gasteiger partial charge >= 0.3 is 5.97 Å². The topological polar surface area (TPSA) is 84.7 Å². The molecule has 0 unspecified atom stereocenters. The number of hydrogen-bond donors (Lipinski definition) is 1. The normalized spacial score (nSPS) is 14.9. The van der Waals surface area contributed by atoms with Crippen LogP contribution in [0.5, 0.6) is 5.75 Å². The van der Waals surface area contributed by atoms with Crippen molar-refractivity contribution >= 4 is 11.9 Å². The Kier molecular flexibility index (Phi) is 6.34. The molecule has 1 aliphatic rings. The van der Waals surface area contributed by atoms with Crippen molar-refractivity contribution in [3.63, 3.8) is 0 Å². The standard InChI is InChI=1S/C21H27N3O4/c1-3-4-13-28-18-7-5-16(6-8-18)20(25)23-11-9-17(10-12-23)24-15(2)19(14-22-24)21(26)27/h5-8,14,17H,3-4,9-13H2,1-2H3,(H,26,27). The lowest BCUT2D eigenvalue weighted by molar-refractivity contribution is 0.0688. The number of nitrogens with zero attached hydrogens (tertiary/aromatic N) is 3. The van der Waals surface area contributed by atoms with Gasteiger partial charge in [-0.3, -0.25) is 9.48 Å². The zero-order valence-electron chi connectivity index (χ0n) is 16.4. The molecule has 2 heterocycles. The Morgan fingerprint density at radius 1 is 1.21 bits per heavy atom. The van der Waals surface area contributed by atoms with Crippen LogP contribution in [0.3, 0.4) is 0 Å². The average Bonchev–Trinajstić information content (AvgIpc) is 3.10. The molecule has 0 spiro atoms. The summed E-state index contributed by atoms with van der Waals surface area (Å²) in [6.45, 7) is 5.83. The van der Waals surface area contributed by atoms with Crippen molar-refractivity contribution in [3.8, 4) is 5.75 Å². The van der Waals surface area contributed by atoms with Crippen LogP contribution in [0.15, 0.2) is 30.5 Å². The van der Waals surface area contributed by atoms with E-state index < -0.39 is 5.97 Å². The summed E-state index contributed by atoms with van der Waals surface area (Å²) < 4.78 is 7.43. The number of hydrogen-bond acceptors (Lipinski definition) is 4. The van der Waals surface area contributed by atoms with Crippen LogP contribution in [0.25, 0.3) is 0 Å². The molecule has 0 radical (unpaired) electrons. The maximum Gasteiger partial charge on any atom is 0.339 e. The van der Waals surface area contributed by atoms with Gasteiger partial charge < -0.3 is 14.7 Å². The maximum absolute atomic E-state index is 12.8. The Balaban J connectivity index is 1.57. The summed E-state index contributed by atoms with van der Waals surface area (Å²) in [7, 11) is 0. The molecular formula is C21H27N3O4. The highest BCUT2D eigenvalue weighted by molar-refractivity contribution is 5.94. The number of carboxylic acids is 1. The fourth-order valence-corrected chi connectivity index (χ4v) is 3.53. The molecule has 1 saturated heterocycles. The van der Waals surface area contributed by atoms with E-state index in [0.717, 1.165) is 31.4 Å². The summed E-state index contributed by atoms with van der Waals surface area (Å²) in [4.78, 5) is 25.8. The zero-order valence-corrected chi connectivity index (χ0v) is 16.4. The minimum Gasteiger partial charge on any atom is -0.494 e. The minimum absolute atomic E-state index is 0.0157. The highest BCUT2D eigenvalue weighted by atomic mass is 16.5. The minimum atomic E-state index is -0.960. The second kappa shape index (κ2) is 8.91. The van der Waals surface area contributed by atoms with E-state index >= 15 is 0 Å². The van der Waals surface area contributed by atoms with Crippen molar-refractivity contribution in [2.75, 3.05) is 19.7 Å². The van der Waals surface area contributed by atoms with Gasteiger partial charge in [-0.05, 0) is 50.5 Å². The summed E-state index contributed by atoms with van der Waals surface area (Å²) >= 11 is 0. The number of unbranched alkanes of at least 4 members (excludes halogenated alkanes) is 1. The molecule has 1 aliphatic heterocycles. The Morgan fingerprint density at radius 2 is 1.89 bits per heavy atom. The molecule has 1 aromatic heterocycles. The second-order valence-corrected chi connectivity index (χ2v) is 7.14. The van der Waals surface area contributed by atoms with E-state index in [2.05, 4.69) is 12.0 Å². The lowest BCUT2D eigenvalue weighted by atomic mass is 10.0. The van der Waals surface area contributed by atoms with Crippen molar-refractivity contribution < 1.29 is 19.4 Å². The van der Waals surface area contributed by atoms with Crippen molar-refractivity contribution in [2.24, 2.45) is 0 Å². The number of likely N-dealkylation sites (tertiary alicyclic amines) is 1. The van der Waals surface area contributed by atoms with Crippen LogP contribution in [0.1, 0.15) is 65.1 Å². The largest absolute Gasteiger partial charge is 0.494 e. The first kappa shape index (κ1) is 19.9. The predicted octanol–water partition coefficient (Wildman–Crippen LogP) is 3.55. The summed E-state index contributed by atoms with van der Waals surface area (Å²) in [6.07, 6.45) is 5.01. The van der Waals surface area contributed by atoms with Crippen molar-refractivity contribution in [1.82, 2.24) is 14.7 Å². The van der Waals surface area contributed by atoms with Gasteiger partial charge in [-0.25, -0.2) is 4.79 Å². The van der Waals surface area contributed by atoms with E-state index in [9.17, 15) is 14.7 Å². The van der Waals surface area contributed by atoms with Crippen LogP contribution in [0, 0.1) is 6.92 Å². The molecule has 1 aromatic carbocycles. The fourth-order valence-electron chi connectivity index (χ4n) is 3.53. The van der Waals surface area contributed by atoms with Gasteiger partial charge in [0.1, 0.15) is 11.3 Å². The van der Waals surface area contributed by atoms with E-state index in [4.69, 9.17) is 4.74 Å². The summed E-state index contributed by atoms with van der Waals surface area (Å²) in [6, 6.07) is 7.43. The first-order valence-corrected chi connectivity index (χ1v) is 9.80. The molecule has 28 heavy (non-hydrogen) atoms. The molecule has 7 nitrogen and oxygen atoms in total. The molecule has 0 bridgehead atoms. The summed E-state index contributed by atoms with van der Waals surface area (Å²) in [5.74, 6) is -0.160. The van der Waals surface area contributed by atoms with Crippen molar-refractivity contribution in [3.05, 3.63) is 47.3 Å². The fraction of sp³-hybridized carbons (Fsp3) is 0.476. The molecule has 2 aromatic rings. The number of benzene rings is 1. The Morgan fingerprint density at radius 3 is 2.46 bits per heavy atom. The van der Waals surface area contributed by atoms with Gasteiger partial charge in [-0.15, -0.1) is 0 Å². The van der Waals surface area contributed by atoms with E-state index in [1.54, 1.807) is 11.6 Å². The number of rotatable bonds is 7. The molecule has 1 fully saturated rings. The predicted molar refractivity (Wildman–Crippen MR) is 105 cm³/mol. The van der Waals surface area contributed by atoms with Gasteiger partial charge in [-0.2, -0.15) is 5.10 Å². The van der Waals surface area contributed by atoms with Crippen LogP contribution >= 0.6 is 0 Å². The van der Waals surface area contributed by atoms with Crippen LogP contribution in [0.4, 0.5) is 0 Å². The number of carbonyl (C=O) groups is 2. The van der Waals surface area contributed by atoms with Crippen LogP contribution in [-0.2, 0) is 0 Å². The van der Waals surface area contributed by atoms with Gasteiger partial charge in [0.15, 0.2) is 0 Å². The SMILES string of the molecule is CCCCOc1ccc(C(=O)N2CCC(n3ncc(C(=O)O)c3C)CC2)cc1. The lowest BCUT2D eigenvalue weighted by Crippen LogP contribution is -2.39. The van der Waals surface area contributed by atoms with Gasteiger partial charge in [-0.1, -0.05) is 13.3 Å². The number of amides is 1. The molecule has 0 atom stereocenters. The van der Waals surface area contributed by atoms with Crippen LogP contribution < -0.4 is 4.74 Å². The molecule has 7 heteroatoms. The van der Waals surface area contributed by atoms with E-state index in [-0.39, 0.29) is 17.5 Å². The Labute approximate surface area is 164 Å². The number of carbonyl (C=O) groups excluding carboxylic acids is 1. The first-order chi connectivity index (χ1) is 13.5. The maximum atomic E-state index is 12.8. The second-order valence-electron chi connectivity index (χ2n) is 7.14. The molecule has 3 rings (SSSR count). The smallest absolute Gasteiger partial charge is 0.339 e. The molecule has 0 aliphatic carbocycles. The summed E-state index contributed by atoms with van der Waals surface area (Å²) in [5, 5.41) is 13.4. The first-order valence-electron chi connectivity index (χ1n) is 9.80. The third-order valence-electron chi connectivity index (χ3n) is 5.24. The van der Waals surface area contributed by atoms with E-state index in [1.165, 1.54) is 6.20 Å². The third kappa shape index (κ3) is 4.35. The average molecular weight is 385 g/mol. The Hall–Kier alpha value is -2.83. The van der Waals surface area contributed by atoms with Gasteiger partial charge in [0.25, 0.3) is 5.91 Å². The van der Waals surface area contributed by atoms with Gasteiger partial charge in [0.05, 0.1) is 24.5 Å². The zero-order chi connectivity index (χ0) is 20.1. The number of ether oxygens (including phenoxy) is 1. The number of aromatic carboxylic acids is 1. The molecular weight excluding hydrogens is 358 g/mol. The van der Waals surface area contributed by atoms with E-state index in [1.807, 2.05) is 29.2 Å². The molecule has 1 N–H and O–H groups in total. The van der Waals surface area contributed by atoms with E-state index in [0.29, 0.717) is 31.0 Å². The van der Waals surface area contributed by atoms with Gasteiger partial charge in [0.2, 0.25) is 0 Å². The molecule has 1 amide bonds. The third-order valence-corrected chi connectivity index (χ3v) is 5.24. The highest BCUT2D eigenvalue weighted by Crippen LogP contribution is 2.26.